The van der Waals surface area contributed by atoms with Gasteiger partial charge in [0.1, 0.15) is 5.82 Å². The number of nitrogens with one attached hydrogen (secondary N) is 2. The molecular weight excluding hydrogens is 309 g/mol. The zero-order chi connectivity index (χ0) is 16.1. The first-order valence-electron chi connectivity index (χ1n) is 7.70. The number of rotatable bonds is 2. The molecule has 0 heterocycles. The van der Waals surface area contributed by atoms with Crippen LogP contribution in [0.25, 0.3) is 0 Å². The van der Waals surface area contributed by atoms with Gasteiger partial charge in [-0.3, -0.25) is 5.43 Å². The van der Waals surface area contributed by atoms with Crippen molar-refractivity contribution in [2.24, 2.45) is 5.10 Å². The lowest BCUT2D eigenvalue weighted by atomic mass is 10.0. The normalized spacial score (nSPS) is 15.6. The number of thiocarbonyl (C=S) groups is 1. The highest BCUT2D eigenvalue weighted by atomic mass is 32.1. The van der Waals surface area contributed by atoms with Crippen molar-refractivity contribution in [3.05, 3.63) is 65.5 Å². The number of aryl methyl sites for hydroxylation is 1. The molecule has 2 aromatic carbocycles. The standard InChI is InChI=1S/C18H18FN3S/c19-15-10-4-6-12-17(15)20-18(23)22-21-16-11-5-2-8-13-7-1-3-9-14(13)16/h1,3-4,6-7,9-10,12H,2,5,8,11H2,(H2,20,22,23)/b21-16+. The summed E-state index contributed by atoms with van der Waals surface area (Å²) in [5.74, 6) is -0.343. The summed E-state index contributed by atoms with van der Waals surface area (Å²) in [6.45, 7) is 0. The van der Waals surface area contributed by atoms with Crippen molar-refractivity contribution < 1.29 is 4.39 Å². The van der Waals surface area contributed by atoms with E-state index in [2.05, 4.69) is 34.0 Å². The fraction of sp³-hybridized carbons (Fsp3) is 0.222. The Morgan fingerprint density at radius 3 is 2.61 bits per heavy atom. The second-order valence-corrected chi connectivity index (χ2v) is 5.88. The Hall–Kier alpha value is -2.27. The van der Waals surface area contributed by atoms with E-state index in [-0.39, 0.29) is 10.9 Å². The highest BCUT2D eigenvalue weighted by Crippen LogP contribution is 2.20. The number of para-hydroxylation sites is 1. The molecule has 0 amide bonds. The molecule has 0 saturated heterocycles. The number of benzene rings is 2. The van der Waals surface area contributed by atoms with Crippen LogP contribution in [0.2, 0.25) is 0 Å². The molecule has 3 nitrogen and oxygen atoms in total. The summed E-state index contributed by atoms with van der Waals surface area (Å²) in [6.07, 6.45) is 4.25. The maximum Gasteiger partial charge on any atom is 0.191 e. The monoisotopic (exact) mass is 327 g/mol. The maximum absolute atomic E-state index is 13.6. The minimum absolute atomic E-state index is 0.282. The minimum atomic E-state index is -0.343. The molecule has 0 radical (unpaired) electrons. The molecule has 0 aliphatic heterocycles. The van der Waals surface area contributed by atoms with E-state index in [1.165, 1.54) is 17.2 Å². The number of hydrazone groups is 1. The zero-order valence-corrected chi connectivity index (χ0v) is 13.5. The number of hydrogen-bond donors (Lipinski definition) is 2. The van der Waals surface area contributed by atoms with E-state index in [1.807, 2.05) is 6.07 Å². The SMILES string of the molecule is Fc1ccccc1NC(=S)N/N=C1\CCCCc2ccccc21. The molecule has 2 N–H and O–H groups in total. The van der Waals surface area contributed by atoms with Gasteiger partial charge in [-0.25, -0.2) is 4.39 Å². The molecule has 0 aromatic heterocycles. The largest absolute Gasteiger partial charge is 0.329 e. The van der Waals surface area contributed by atoms with E-state index >= 15 is 0 Å². The van der Waals surface area contributed by atoms with Crippen molar-refractivity contribution in [3.8, 4) is 0 Å². The van der Waals surface area contributed by atoms with Gasteiger partial charge in [-0.15, -0.1) is 0 Å². The van der Waals surface area contributed by atoms with E-state index < -0.39 is 0 Å². The molecule has 3 rings (SSSR count). The summed E-state index contributed by atoms with van der Waals surface area (Å²) < 4.78 is 13.6. The van der Waals surface area contributed by atoms with Crippen LogP contribution in [0.5, 0.6) is 0 Å². The molecule has 0 atom stereocenters. The zero-order valence-electron chi connectivity index (χ0n) is 12.7. The summed E-state index contributed by atoms with van der Waals surface area (Å²) in [6, 6.07) is 14.7. The van der Waals surface area contributed by atoms with Crippen LogP contribution in [0.3, 0.4) is 0 Å². The van der Waals surface area contributed by atoms with Crippen LogP contribution in [-0.2, 0) is 6.42 Å². The van der Waals surface area contributed by atoms with Crippen molar-refractivity contribution in [1.29, 1.82) is 0 Å². The summed E-state index contributed by atoms with van der Waals surface area (Å²) in [4.78, 5) is 0. The van der Waals surface area contributed by atoms with Gasteiger partial charge < -0.3 is 5.32 Å². The third kappa shape index (κ3) is 3.93. The summed E-state index contributed by atoms with van der Waals surface area (Å²) in [7, 11) is 0. The summed E-state index contributed by atoms with van der Waals surface area (Å²) in [5.41, 5.74) is 6.66. The first-order valence-corrected chi connectivity index (χ1v) is 8.11. The van der Waals surface area contributed by atoms with Crippen molar-refractivity contribution in [2.45, 2.75) is 25.7 Å². The second kappa shape index (κ2) is 7.33. The Balaban J connectivity index is 1.72. The molecule has 0 spiro atoms. The van der Waals surface area contributed by atoms with Gasteiger partial charge >= 0.3 is 0 Å². The Bertz CT molecular complexity index is 743. The molecule has 5 heteroatoms. The van der Waals surface area contributed by atoms with Crippen LogP contribution in [0.4, 0.5) is 10.1 Å². The third-order valence-corrected chi connectivity index (χ3v) is 4.05. The van der Waals surface area contributed by atoms with E-state index in [0.717, 1.165) is 31.4 Å². The molecule has 23 heavy (non-hydrogen) atoms. The fourth-order valence-corrected chi connectivity index (χ4v) is 2.87. The first kappa shape index (κ1) is 15.6. The molecule has 2 aromatic rings. The summed E-state index contributed by atoms with van der Waals surface area (Å²) >= 11 is 5.20. The Morgan fingerprint density at radius 1 is 1.00 bits per heavy atom. The number of fused-ring (bicyclic) bond motifs is 1. The van der Waals surface area contributed by atoms with Gasteiger partial charge in [-0.1, -0.05) is 36.4 Å². The molecule has 1 aliphatic carbocycles. The highest BCUT2D eigenvalue weighted by molar-refractivity contribution is 7.80. The molecule has 118 valence electrons. The predicted octanol–water partition coefficient (Wildman–Crippen LogP) is 4.24. The van der Waals surface area contributed by atoms with Gasteiger partial charge in [0.15, 0.2) is 5.11 Å². The van der Waals surface area contributed by atoms with E-state index in [1.54, 1.807) is 18.2 Å². The highest BCUT2D eigenvalue weighted by Gasteiger charge is 2.13. The quantitative estimate of drug-likeness (QED) is 0.492. The van der Waals surface area contributed by atoms with Crippen LogP contribution < -0.4 is 10.7 Å². The maximum atomic E-state index is 13.6. The first-order chi connectivity index (χ1) is 11.2. The van der Waals surface area contributed by atoms with E-state index in [0.29, 0.717) is 5.69 Å². The van der Waals surface area contributed by atoms with Gasteiger partial charge in [0.05, 0.1) is 11.4 Å². The minimum Gasteiger partial charge on any atom is -0.329 e. The van der Waals surface area contributed by atoms with Crippen LogP contribution in [-0.4, -0.2) is 10.8 Å². The molecule has 0 saturated carbocycles. The molecule has 1 aliphatic rings. The molecule has 0 unspecified atom stereocenters. The Kier molecular flexibility index (Phi) is 4.98. The number of halogens is 1. The number of nitrogens with zero attached hydrogens (tertiary/aromatic N) is 1. The van der Waals surface area contributed by atoms with E-state index in [4.69, 9.17) is 12.2 Å². The molecule has 0 fully saturated rings. The lowest BCUT2D eigenvalue weighted by Crippen LogP contribution is -2.26. The number of anilines is 1. The van der Waals surface area contributed by atoms with Crippen molar-refractivity contribution in [1.82, 2.24) is 5.43 Å². The Morgan fingerprint density at radius 2 is 1.74 bits per heavy atom. The van der Waals surface area contributed by atoms with Gasteiger partial charge in [-0.2, -0.15) is 5.10 Å². The number of hydrogen-bond acceptors (Lipinski definition) is 2. The van der Waals surface area contributed by atoms with Crippen LogP contribution in [0.15, 0.2) is 53.6 Å². The predicted molar refractivity (Wildman–Crippen MR) is 96.3 cm³/mol. The van der Waals surface area contributed by atoms with Crippen LogP contribution in [0.1, 0.15) is 30.4 Å². The van der Waals surface area contributed by atoms with Gasteiger partial charge in [-0.05, 0) is 55.6 Å². The average Bonchev–Trinajstić information content (AvgIpc) is 2.77. The topological polar surface area (TPSA) is 36.4 Å². The fourth-order valence-electron chi connectivity index (χ4n) is 2.71. The Labute approximate surface area is 140 Å². The van der Waals surface area contributed by atoms with Crippen molar-refractivity contribution >= 4 is 28.7 Å². The van der Waals surface area contributed by atoms with Gasteiger partial charge in [0.2, 0.25) is 0 Å². The third-order valence-electron chi connectivity index (χ3n) is 3.85. The lowest BCUT2D eigenvalue weighted by molar-refractivity contribution is 0.632. The smallest absolute Gasteiger partial charge is 0.191 e. The van der Waals surface area contributed by atoms with Gasteiger partial charge in [0, 0.05) is 5.56 Å². The van der Waals surface area contributed by atoms with Crippen molar-refractivity contribution in [3.63, 3.8) is 0 Å². The second-order valence-electron chi connectivity index (χ2n) is 5.47. The summed E-state index contributed by atoms with van der Waals surface area (Å²) in [5, 5.41) is 7.56. The van der Waals surface area contributed by atoms with Crippen LogP contribution >= 0.6 is 12.2 Å². The lowest BCUT2D eigenvalue weighted by Gasteiger charge is -2.11. The van der Waals surface area contributed by atoms with Crippen molar-refractivity contribution in [2.75, 3.05) is 5.32 Å². The molecular formula is C18H18FN3S. The van der Waals surface area contributed by atoms with Crippen LogP contribution in [0, 0.1) is 5.82 Å². The van der Waals surface area contributed by atoms with E-state index in [9.17, 15) is 4.39 Å². The van der Waals surface area contributed by atoms with Gasteiger partial charge in [0.25, 0.3) is 0 Å². The molecule has 0 bridgehead atoms. The average molecular weight is 327 g/mol.